The van der Waals surface area contributed by atoms with Crippen molar-refractivity contribution >= 4 is 5.91 Å². The molecule has 0 aliphatic carbocycles. The van der Waals surface area contributed by atoms with Crippen molar-refractivity contribution in [2.75, 3.05) is 13.7 Å². The van der Waals surface area contributed by atoms with Gasteiger partial charge in [0, 0.05) is 19.4 Å². The van der Waals surface area contributed by atoms with Crippen LogP contribution in [0.2, 0.25) is 0 Å². The molecule has 0 radical (unpaired) electrons. The van der Waals surface area contributed by atoms with Gasteiger partial charge in [-0.1, -0.05) is 12.1 Å². The number of furan rings is 1. The molecule has 5 heteroatoms. The van der Waals surface area contributed by atoms with Crippen LogP contribution >= 0.6 is 0 Å². The summed E-state index contributed by atoms with van der Waals surface area (Å²) in [5.74, 6) is 1.41. The smallest absolute Gasteiger partial charge is 0.220 e. The van der Waals surface area contributed by atoms with Gasteiger partial charge in [0.25, 0.3) is 0 Å². The van der Waals surface area contributed by atoms with Crippen LogP contribution in [-0.2, 0) is 17.6 Å². The largest absolute Gasteiger partial charge is 0.497 e. The highest BCUT2D eigenvalue weighted by molar-refractivity contribution is 5.76. The molecule has 2 rings (SSSR count). The number of methoxy groups -OCH3 is 1. The molecular formula is C18H23NO4. The molecular weight excluding hydrogens is 294 g/mol. The second-order valence-corrected chi connectivity index (χ2v) is 5.88. The van der Waals surface area contributed by atoms with Crippen molar-refractivity contribution in [1.82, 2.24) is 5.32 Å². The summed E-state index contributed by atoms with van der Waals surface area (Å²) in [6, 6.07) is 11.2. The molecule has 2 N–H and O–H groups in total. The first-order chi connectivity index (χ1) is 11.0. The Morgan fingerprint density at radius 3 is 2.65 bits per heavy atom. The van der Waals surface area contributed by atoms with Gasteiger partial charge in [0.1, 0.15) is 11.5 Å². The summed E-state index contributed by atoms with van der Waals surface area (Å²) >= 11 is 0. The third kappa shape index (κ3) is 5.79. The molecule has 1 atom stereocenters. The lowest BCUT2D eigenvalue weighted by molar-refractivity contribution is -0.122. The van der Waals surface area contributed by atoms with Crippen LogP contribution in [0.25, 0.3) is 0 Å². The predicted octanol–water partition coefficient (Wildman–Crippen LogP) is 2.33. The van der Waals surface area contributed by atoms with E-state index in [1.165, 1.54) is 0 Å². The summed E-state index contributed by atoms with van der Waals surface area (Å²) in [6.07, 6.45) is 2.96. The normalized spacial score (nSPS) is 13.3. The summed E-state index contributed by atoms with van der Waals surface area (Å²) in [5, 5.41) is 13.1. The monoisotopic (exact) mass is 317 g/mol. The van der Waals surface area contributed by atoms with Crippen LogP contribution in [0.3, 0.4) is 0 Å². The summed E-state index contributed by atoms with van der Waals surface area (Å²) in [4.78, 5) is 11.9. The van der Waals surface area contributed by atoms with Gasteiger partial charge in [-0.3, -0.25) is 4.79 Å². The van der Waals surface area contributed by atoms with Crippen LogP contribution in [0, 0.1) is 0 Å². The van der Waals surface area contributed by atoms with Crippen molar-refractivity contribution in [2.45, 2.75) is 31.8 Å². The predicted molar refractivity (Wildman–Crippen MR) is 87.4 cm³/mol. The van der Waals surface area contributed by atoms with E-state index in [0.29, 0.717) is 25.0 Å². The second-order valence-electron chi connectivity index (χ2n) is 5.88. The molecule has 0 aliphatic rings. The molecule has 0 bridgehead atoms. The summed E-state index contributed by atoms with van der Waals surface area (Å²) in [5.41, 5.74) is 0.0384. The van der Waals surface area contributed by atoms with Gasteiger partial charge >= 0.3 is 0 Å². The number of aliphatic hydroxyl groups is 1. The van der Waals surface area contributed by atoms with Crippen molar-refractivity contribution in [3.63, 3.8) is 0 Å². The molecule has 23 heavy (non-hydrogen) atoms. The minimum Gasteiger partial charge on any atom is -0.497 e. The zero-order chi connectivity index (χ0) is 16.7. The fraction of sp³-hybridized carbons (Fsp3) is 0.389. The Hall–Kier alpha value is -2.27. The lowest BCUT2D eigenvalue weighted by atomic mass is 10.0. The molecule has 1 amide bonds. The van der Waals surface area contributed by atoms with E-state index >= 15 is 0 Å². The highest BCUT2D eigenvalue weighted by atomic mass is 16.5. The number of benzene rings is 1. The zero-order valence-electron chi connectivity index (χ0n) is 13.5. The van der Waals surface area contributed by atoms with E-state index in [2.05, 4.69) is 5.32 Å². The average molecular weight is 317 g/mol. The van der Waals surface area contributed by atoms with Gasteiger partial charge in [0.15, 0.2) is 0 Å². The minimum atomic E-state index is -1.03. The number of hydrogen-bond donors (Lipinski definition) is 2. The molecule has 0 fully saturated rings. The molecule has 1 aromatic heterocycles. The lowest BCUT2D eigenvalue weighted by Crippen LogP contribution is -2.42. The molecule has 1 aromatic carbocycles. The number of hydrogen-bond acceptors (Lipinski definition) is 4. The molecule has 1 heterocycles. The number of carbonyl (C=O) groups is 1. The van der Waals surface area contributed by atoms with Crippen LogP contribution in [0.4, 0.5) is 0 Å². The number of nitrogens with one attached hydrogen (secondary N) is 1. The Kier molecular flexibility index (Phi) is 5.82. The molecule has 5 nitrogen and oxygen atoms in total. The van der Waals surface area contributed by atoms with Crippen LogP contribution in [0.15, 0.2) is 47.1 Å². The maximum absolute atomic E-state index is 11.9. The number of aryl methyl sites for hydroxylation is 1. The maximum atomic E-state index is 11.9. The van der Waals surface area contributed by atoms with Gasteiger partial charge in [-0.25, -0.2) is 0 Å². The van der Waals surface area contributed by atoms with Gasteiger partial charge in [0.2, 0.25) is 5.91 Å². The van der Waals surface area contributed by atoms with Crippen LogP contribution in [0.5, 0.6) is 5.75 Å². The van der Waals surface area contributed by atoms with Crippen molar-refractivity contribution in [2.24, 2.45) is 0 Å². The Balaban J connectivity index is 1.73. The molecule has 0 saturated heterocycles. The van der Waals surface area contributed by atoms with E-state index in [1.807, 2.05) is 24.3 Å². The first-order valence-electron chi connectivity index (χ1n) is 7.63. The maximum Gasteiger partial charge on any atom is 0.220 e. The SMILES string of the molecule is COc1ccc(CCC(=O)NC[C@](C)(O)Cc2ccco2)cc1. The molecule has 124 valence electrons. The van der Waals surface area contributed by atoms with E-state index < -0.39 is 5.60 Å². The fourth-order valence-electron chi connectivity index (χ4n) is 2.28. The minimum absolute atomic E-state index is 0.0828. The molecule has 0 spiro atoms. The average Bonchev–Trinajstić information content (AvgIpc) is 3.03. The summed E-state index contributed by atoms with van der Waals surface area (Å²) in [7, 11) is 1.62. The van der Waals surface area contributed by atoms with Crippen LogP contribution < -0.4 is 10.1 Å². The highest BCUT2D eigenvalue weighted by Crippen LogP contribution is 2.14. The van der Waals surface area contributed by atoms with Crippen molar-refractivity contribution in [3.8, 4) is 5.75 Å². The molecule has 0 unspecified atom stereocenters. The van der Waals surface area contributed by atoms with Crippen molar-refractivity contribution < 1.29 is 19.1 Å². The van der Waals surface area contributed by atoms with E-state index in [-0.39, 0.29) is 12.5 Å². The molecule has 2 aromatic rings. The van der Waals surface area contributed by atoms with Gasteiger partial charge in [-0.15, -0.1) is 0 Å². The molecule has 0 aliphatic heterocycles. The van der Waals surface area contributed by atoms with Gasteiger partial charge in [-0.05, 0) is 43.2 Å². The Morgan fingerprint density at radius 1 is 1.30 bits per heavy atom. The number of carbonyl (C=O) groups excluding carboxylic acids is 1. The first-order valence-corrected chi connectivity index (χ1v) is 7.63. The molecule has 0 saturated carbocycles. The second kappa shape index (κ2) is 7.83. The lowest BCUT2D eigenvalue weighted by Gasteiger charge is -2.22. The summed E-state index contributed by atoms with van der Waals surface area (Å²) < 4.78 is 10.3. The first kappa shape index (κ1) is 17.1. The summed E-state index contributed by atoms with van der Waals surface area (Å²) in [6.45, 7) is 1.87. The zero-order valence-corrected chi connectivity index (χ0v) is 13.5. The van der Waals surface area contributed by atoms with E-state index in [1.54, 1.807) is 32.4 Å². The Labute approximate surface area is 136 Å². The quantitative estimate of drug-likeness (QED) is 0.784. The van der Waals surface area contributed by atoms with E-state index in [9.17, 15) is 9.90 Å². The number of amides is 1. The number of ether oxygens (including phenoxy) is 1. The third-order valence-electron chi connectivity index (χ3n) is 3.60. The van der Waals surface area contributed by atoms with Crippen LogP contribution in [-0.4, -0.2) is 30.3 Å². The third-order valence-corrected chi connectivity index (χ3v) is 3.60. The van der Waals surface area contributed by atoms with Gasteiger partial charge in [-0.2, -0.15) is 0 Å². The van der Waals surface area contributed by atoms with Gasteiger partial charge < -0.3 is 19.6 Å². The van der Waals surface area contributed by atoms with E-state index in [4.69, 9.17) is 9.15 Å². The Morgan fingerprint density at radius 2 is 2.04 bits per heavy atom. The van der Waals surface area contributed by atoms with E-state index in [0.717, 1.165) is 11.3 Å². The standard InChI is InChI=1S/C18H23NO4/c1-18(21,12-16-4-3-11-23-16)13-19-17(20)10-7-14-5-8-15(22-2)9-6-14/h3-6,8-9,11,21H,7,10,12-13H2,1-2H3,(H,19,20)/t18-/m1/s1. The topological polar surface area (TPSA) is 71.7 Å². The van der Waals surface area contributed by atoms with Crippen molar-refractivity contribution in [1.29, 1.82) is 0 Å². The Bertz CT molecular complexity index is 602. The van der Waals surface area contributed by atoms with Crippen molar-refractivity contribution in [3.05, 3.63) is 54.0 Å². The van der Waals surface area contributed by atoms with Crippen LogP contribution in [0.1, 0.15) is 24.7 Å². The highest BCUT2D eigenvalue weighted by Gasteiger charge is 2.23. The van der Waals surface area contributed by atoms with Gasteiger partial charge in [0.05, 0.1) is 19.0 Å². The fourth-order valence-corrected chi connectivity index (χ4v) is 2.28. The number of rotatable bonds is 8.